The van der Waals surface area contributed by atoms with Crippen molar-refractivity contribution in [1.82, 2.24) is 15.5 Å². The monoisotopic (exact) mass is 277 g/mol. The van der Waals surface area contributed by atoms with Gasteiger partial charge in [-0.1, -0.05) is 0 Å². The molecule has 20 heavy (non-hydrogen) atoms. The van der Waals surface area contributed by atoms with E-state index in [0.717, 1.165) is 24.6 Å². The van der Waals surface area contributed by atoms with Crippen LogP contribution in [0.25, 0.3) is 0 Å². The maximum absolute atomic E-state index is 11.4. The quantitative estimate of drug-likeness (QED) is 0.833. The Labute approximate surface area is 118 Å². The lowest BCUT2D eigenvalue weighted by Gasteiger charge is -2.15. The van der Waals surface area contributed by atoms with Crippen molar-refractivity contribution in [2.75, 3.05) is 39.9 Å². The number of urea groups is 1. The van der Waals surface area contributed by atoms with Crippen molar-refractivity contribution in [3.05, 3.63) is 23.8 Å². The highest BCUT2D eigenvalue weighted by Gasteiger charge is 2.23. The van der Waals surface area contributed by atoms with Gasteiger partial charge in [0.05, 0.1) is 12.6 Å². The molecule has 0 aliphatic carbocycles. The van der Waals surface area contributed by atoms with Crippen LogP contribution < -0.4 is 20.1 Å². The Morgan fingerprint density at radius 1 is 1.55 bits per heavy atom. The van der Waals surface area contributed by atoms with Crippen LogP contribution in [0, 0.1) is 0 Å². The third-order valence-electron chi connectivity index (χ3n) is 3.69. The Bertz CT molecular complexity index is 506. The van der Waals surface area contributed by atoms with Gasteiger partial charge in [0.25, 0.3) is 0 Å². The molecule has 1 aromatic rings. The van der Waals surface area contributed by atoms with Gasteiger partial charge >= 0.3 is 6.03 Å². The molecule has 108 valence electrons. The molecule has 1 fully saturated rings. The second kappa shape index (κ2) is 5.58. The Balaban J connectivity index is 1.55. The number of hydrogen-bond acceptors (Lipinski definition) is 4. The van der Waals surface area contributed by atoms with Crippen molar-refractivity contribution in [1.29, 1.82) is 0 Å². The molecule has 1 aromatic carbocycles. The van der Waals surface area contributed by atoms with Crippen molar-refractivity contribution < 1.29 is 14.3 Å². The van der Waals surface area contributed by atoms with Gasteiger partial charge in [-0.3, -0.25) is 0 Å². The minimum absolute atomic E-state index is 0.0113. The van der Waals surface area contributed by atoms with E-state index in [9.17, 15) is 4.79 Å². The molecule has 6 heteroatoms. The number of carbonyl (C=O) groups excluding carboxylic acids is 1. The third-order valence-corrected chi connectivity index (χ3v) is 3.69. The first-order valence-corrected chi connectivity index (χ1v) is 6.87. The van der Waals surface area contributed by atoms with E-state index in [1.165, 1.54) is 5.56 Å². The lowest BCUT2D eigenvalue weighted by atomic mass is 10.1. The van der Waals surface area contributed by atoms with Crippen LogP contribution in [0.2, 0.25) is 0 Å². The minimum Gasteiger partial charge on any atom is -0.492 e. The number of rotatable bonds is 5. The second-order valence-electron chi connectivity index (χ2n) is 4.92. The van der Waals surface area contributed by atoms with Gasteiger partial charge in [-0.15, -0.1) is 0 Å². The SMILES string of the molecule is CNC1COc2cc(OCCN3CCNC3=O)ccc21. The van der Waals surface area contributed by atoms with Crippen LogP contribution in [-0.4, -0.2) is 50.8 Å². The molecule has 0 radical (unpaired) electrons. The fraction of sp³-hybridized carbons (Fsp3) is 0.500. The molecule has 0 spiro atoms. The highest BCUT2D eigenvalue weighted by Crippen LogP contribution is 2.34. The number of nitrogens with zero attached hydrogens (tertiary/aromatic N) is 1. The molecular formula is C14H19N3O3. The maximum Gasteiger partial charge on any atom is 0.317 e. The van der Waals surface area contributed by atoms with Crippen LogP contribution in [0.4, 0.5) is 4.79 Å². The molecule has 2 amide bonds. The molecule has 1 atom stereocenters. The largest absolute Gasteiger partial charge is 0.492 e. The van der Waals surface area contributed by atoms with Gasteiger partial charge in [0.2, 0.25) is 0 Å². The number of carbonyl (C=O) groups is 1. The summed E-state index contributed by atoms with van der Waals surface area (Å²) >= 11 is 0. The van der Waals surface area contributed by atoms with Gasteiger partial charge in [-0.05, 0) is 19.2 Å². The number of amides is 2. The summed E-state index contributed by atoms with van der Waals surface area (Å²) in [7, 11) is 1.93. The lowest BCUT2D eigenvalue weighted by molar-refractivity contribution is 0.202. The summed E-state index contributed by atoms with van der Waals surface area (Å²) in [6.07, 6.45) is 0. The van der Waals surface area contributed by atoms with Gasteiger partial charge < -0.3 is 25.0 Å². The average molecular weight is 277 g/mol. The molecule has 0 aromatic heterocycles. The molecule has 0 saturated carbocycles. The molecule has 2 aliphatic rings. The van der Waals surface area contributed by atoms with Crippen LogP contribution in [0.5, 0.6) is 11.5 Å². The standard InChI is InChI=1S/C14H19N3O3/c1-15-12-9-20-13-8-10(2-3-11(12)13)19-7-6-17-5-4-16-14(17)18/h2-3,8,12,15H,4-7,9H2,1H3,(H,16,18). The van der Waals surface area contributed by atoms with E-state index in [4.69, 9.17) is 9.47 Å². The van der Waals surface area contributed by atoms with Gasteiger partial charge in [0, 0.05) is 24.7 Å². The van der Waals surface area contributed by atoms with Crippen LogP contribution >= 0.6 is 0 Å². The molecule has 1 unspecified atom stereocenters. The van der Waals surface area contributed by atoms with E-state index >= 15 is 0 Å². The summed E-state index contributed by atoms with van der Waals surface area (Å²) in [4.78, 5) is 13.1. The van der Waals surface area contributed by atoms with Gasteiger partial charge in [0.1, 0.15) is 24.7 Å². The molecule has 2 aliphatic heterocycles. The topological polar surface area (TPSA) is 62.8 Å². The van der Waals surface area contributed by atoms with E-state index in [1.54, 1.807) is 4.90 Å². The summed E-state index contributed by atoms with van der Waals surface area (Å²) in [6, 6.07) is 6.13. The van der Waals surface area contributed by atoms with Crippen LogP contribution in [0.1, 0.15) is 11.6 Å². The van der Waals surface area contributed by atoms with Crippen molar-refractivity contribution in [2.24, 2.45) is 0 Å². The number of hydrogen-bond donors (Lipinski definition) is 2. The van der Waals surface area contributed by atoms with Crippen LogP contribution in [0.3, 0.4) is 0 Å². The first-order valence-electron chi connectivity index (χ1n) is 6.87. The normalized spacial score (nSPS) is 20.6. The molecule has 3 rings (SSSR count). The number of ether oxygens (including phenoxy) is 2. The number of benzene rings is 1. The van der Waals surface area contributed by atoms with Crippen molar-refractivity contribution in [3.63, 3.8) is 0 Å². The molecular weight excluding hydrogens is 258 g/mol. The number of fused-ring (bicyclic) bond motifs is 1. The number of nitrogens with one attached hydrogen (secondary N) is 2. The van der Waals surface area contributed by atoms with E-state index < -0.39 is 0 Å². The molecule has 1 saturated heterocycles. The van der Waals surface area contributed by atoms with E-state index in [1.807, 2.05) is 25.2 Å². The highest BCUT2D eigenvalue weighted by atomic mass is 16.5. The van der Waals surface area contributed by atoms with E-state index in [0.29, 0.717) is 19.8 Å². The highest BCUT2D eigenvalue weighted by molar-refractivity contribution is 5.76. The third kappa shape index (κ3) is 2.51. The lowest BCUT2D eigenvalue weighted by Crippen LogP contribution is -2.31. The predicted octanol–water partition coefficient (Wildman–Crippen LogP) is 0.743. The minimum atomic E-state index is -0.0113. The summed E-state index contributed by atoms with van der Waals surface area (Å²) < 4.78 is 11.3. The maximum atomic E-state index is 11.4. The Morgan fingerprint density at radius 3 is 3.20 bits per heavy atom. The summed E-state index contributed by atoms with van der Waals surface area (Å²) in [6.45, 7) is 3.21. The van der Waals surface area contributed by atoms with Crippen LogP contribution in [-0.2, 0) is 0 Å². The second-order valence-corrected chi connectivity index (χ2v) is 4.92. The molecule has 6 nitrogen and oxygen atoms in total. The number of likely N-dealkylation sites (N-methyl/N-ethyl adjacent to an activating group) is 1. The zero-order valence-electron chi connectivity index (χ0n) is 11.5. The Hall–Kier alpha value is -1.95. The molecule has 2 heterocycles. The predicted molar refractivity (Wildman–Crippen MR) is 74.2 cm³/mol. The average Bonchev–Trinajstić information content (AvgIpc) is 3.05. The Kier molecular flexibility index (Phi) is 3.64. The molecule has 0 bridgehead atoms. The van der Waals surface area contributed by atoms with Crippen molar-refractivity contribution in [3.8, 4) is 11.5 Å². The van der Waals surface area contributed by atoms with Gasteiger partial charge in [0.15, 0.2) is 0 Å². The van der Waals surface area contributed by atoms with Crippen LogP contribution in [0.15, 0.2) is 18.2 Å². The van der Waals surface area contributed by atoms with Crippen molar-refractivity contribution >= 4 is 6.03 Å². The summed E-state index contributed by atoms with van der Waals surface area (Å²) in [5.74, 6) is 1.65. The smallest absolute Gasteiger partial charge is 0.317 e. The van der Waals surface area contributed by atoms with Gasteiger partial charge in [-0.25, -0.2) is 4.79 Å². The summed E-state index contributed by atoms with van der Waals surface area (Å²) in [5.41, 5.74) is 1.17. The van der Waals surface area contributed by atoms with Gasteiger partial charge in [-0.2, -0.15) is 0 Å². The fourth-order valence-electron chi connectivity index (χ4n) is 2.52. The Morgan fingerprint density at radius 2 is 2.45 bits per heavy atom. The summed E-state index contributed by atoms with van der Waals surface area (Å²) in [5, 5.41) is 5.98. The van der Waals surface area contributed by atoms with E-state index in [2.05, 4.69) is 10.6 Å². The zero-order valence-corrected chi connectivity index (χ0v) is 11.5. The van der Waals surface area contributed by atoms with Crippen molar-refractivity contribution in [2.45, 2.75) is 6.04 Å². The fourth-order valence-corrected chi connectivity index (χ4v) is 2.52. The molecule has 2 N–H and O–H groups in total. The first-order chi connectivity index (χ1) is 9.78. The first kappa shape index (κ1) is 13.1. The van der Waals surface area contributed by atoms with E-state index in [-0.39, 0.29) is 12.1 Å². The zero-order chi connectivity index (χ0) is 13.9.